The van der Waals surface area contributed by atoms with Gasteiger partial charge in [0, 0.05) is 24.3 Å². The molecular formula is C27H34N8O. The first-order chi connectivity index (χ1) is 17.4. The molecule has 0 fully saturated rings. The smallest absolute Gasteiger partial charge is 0.261 e. The van der Waals surface area contributed by atoms with Crippen LogP contribution >= 0.6 is 0 Å². The van der Waals surface area contributed by atoms with Gasteiger partial charge in [0.15, 0.2) is 5.82 Å². The van der Waals surface area contributed by atoms with Gasteiger partial charge in [-0.1, -0.05) is 32.8 Å². The number of H-pyrrole nitrogens is 1. The van der Waals surface area contributed by atoms with E-state index >= 15 is 0 Å². The van der Waals surface area contributed by atoms with Crippen molar-refractivity contribution in [2.75, 3.05) is 5.32 Å². The van der Waals surface area contributed by atoms with E-state index < -0.39 is 0 Å². The standard InChI is InChI=1S/C27H34N8O/c1-18(2)25(35-30-13-14-31-35)22-10-9-21(16-20(22)4)32-26-24-23(11-12-29-27(24)36)34(33-26)15-7-5-6-8-19(3)17-28/h9-14,16,18-19,25H,5-8,15H2,1-4H3,(H,29,36)(H,32,33)/t19-,25?/m1/s1. The molecule has 0 bridgehead atoms. The van der Waals surface area contributed by atoms with Gasteiger partial charge < -0.3 is 10.3 Å². The summed E-state index contributed by atoms with van der Waals surface area (Å²) in [5.41, 5.74) is 3.78. The van der Waals surface area contributed by atoms with Gasteiger partial charge in [-0.15, -0.1) is 0 Å². The molecule has 2 N–H and O–H groups in total. The van der Waals surface area contributed by atoms with Gasteiger partial charge >= 0.3 is 0 Å². The number of nitriles is 1. The number of anilines is 2. The van der Waals surface area contributed by atoms with Crippen molar-refractivity contribution in [2.45, 2.75) is 66.0 Å². The Balaban J connectivity index is 1.55. The maximum absolute atomic E-state index is 12.7. The molecule has 0 radical (unpaired) electrons. The Labute approximate surface area is 211 Å². The van der Waals surface area contributed by atoms with Crippen LogP contribution in [0.3, 0.4) is 0 Å². The van der Waals surface area contributed by atoms with Crippen molar-refractivity contribution in [2.24, 2.45) is 11.8 Å². The summed E-state index contributed by atoms with van der Waals surface area (Å²) in [6.07, 6.45) is 8.94. The molecular weight excluding hydrogens is 452 g/mol. The predicted octanol–water partition coefficient (Wildman–Crippen LogP) is 5.33. The summed E-state index contributed by atoms with van der Waals surface area (Å²) < 4.78 is 1.90. The lowest BCUT2D eigenvalue weighted by Gasteiger charge is -2.23. The average molecular weight is 487 g/mol. The fourth-order valence-corrected chi connectivity index (χ4v) is 4.69. The van der Waals surface area contributed by atoms with Crippen LogP contribution in [-0.2, 0) is 6.54 Å². The third kappa shape index (κ3) is 5.48. The minimum Gasteiger partial charge on any atom is -0.338 e. The highest BCUT2D eigenvalue weighted by Gasteiger charge is 2.22. The molecule has 3 aromatic heterocycles. The van der Waals surface area contributed by atoms with E-state index in [0.29, 0.717) is 23.7 Å². The number of unbranched alkanes of at least 4 members (excludes halogenated alkanes) is 2. The number of fused-ring (bicyclic) bond motifs is 1. The average Bonchev–Trinajstić information content (AvgIpc) is 3.49. The Morgan fingerprint density at radius 2 is 1.89 bits per heavy atom. The Morgan fingerprint density at radius 1 is 1.11 bits per heavy atom. The summed E-state index contributed by atoms with van der Waals surface area (Å²) in [6, 6.07) is 10.4. The summed E-state index contributed by atoms with van der Waals surface area (Å²) in [7, 11) is 0. The topological polar surface area (TPSA) is 117 Å². The maximum Gasteiger partial charge on any atom is 0.261 e. The second-order valence-electron chi connectivity index (χ2n) is 9.75. The van der Waals surface area contributed by atoms with Gasteiger partial charge in [-0.05, 0) is 61.9 Å². The third-order valence-corrected chi connectivity index (χ3v) is 6.57. The molecule has 36 heavy (non-hydrogen) atoms. The lowest BCUT2D eigenvalue weighted by molar-refractivity contribution is 0.363. The van der Waals surface area contributed by atoms with Crippen LogP contribution in [0.25, 0.3) is 10.9 Å². The van der Waals surface area contributed by atoms with Crippen molar-refractivity contribution < 1.29 is 0 Å². The highest BCUT2D eigenvalue weighted by Crippen LogP contribution is 2.31. The molecule has 3 heterocycles. The lowest BCUT2D eigenvalue weighted by Crippen LogP contribution is -2.20. The van der Waals surface area contributed by atoms with Crippen LogP contribution < -0.4 is 10.9 Å². The van der Waals surface area contributed by atoms with Crippen molar-refractivity contribution in [3.8, 4) is 6.07 Å². The third-order valence-electron chi connectivity index (χ3n) is 6.57. The van der Waals surface area contributed by atoms with Gasteiger partial charge in [0.2, 0.25) is 0 Å². The van der Waals surface area contributed by atoms with E-state index in [4.69, 9.17) is 10.4 Å². The summed E-state index contributed by atoms with van der Waals surface area (Å²) in [4.78, 5) is 17.2. The van der Waals surface area contributed by atoms with Crippen LogP contribution in [0.5, 0.6) is 0 Å². The molecule has 0 aliphatic rings. The fraction of sp³-hybridized carbons (Fsp3) is 0.444. The predicted molar refractivity (Wildman–Crippen MR) is 141 cm³/mol. The second kappa shape index (κ2) is 11.2. The lowest BCUT2D eigenvalue weighted by atomic mass is 9.93. The monoisotopic (exact) mass is 486 g/mol. The van der Waals surface area contributed by atoms with Crippen LogP contribution in [-0.4, -0.2) is 29.8 Å². The highest BCUT2D eigenvalue weighted by atomic mass is 16.1. The van der Waals surface area contributed by atoms with E-state index in [0.717, 1.165) is 48.0 Å². The van der Waals surface area contributed by atoms with E-state index in [-0.39, 0.29) is 17.5 Å². The Morgan fingerprint density at radius 3 is 2.58 bits per heavy atom. The van der Waals surface area contributed by atoms with Crippen molar-refractivity contribution in [3.63, 3.8) is 0 Å². The van der Waals surface area contributed by atoms with Gasteiger partial charge in [-0.25, -0.2) is 0 Å². The van der Waals surface area contributed by atoms with Crippen LogP contribution in [0.15, 0.2) is 47.7 Å². The Bertz CT molecular complexity index is 1390. The zero-order chi connectivity index (χ0) is 25.7. The van der Waals surface area contributed by atoms with Gasteiger partial charge in [0.25, 0.3) is 5.56 Å². The van der Waals surface area contributed by atoms with E-state index in [2.05, 4.69) is 59.5 Å². The first-order valence-electron chi connectivity index (χ1n) is 12.6. The van der Waals surface area contributed by atoms with E-state index in [9.17, 15) is 4.79 Å². The van der Waals surface area contributed by atoms with E-state index in [1.807, 2.05) is 23.7 Å². The summed E-state index contributed by atoms with van der Waals surface area (Å²) in [5, 5.41) is 26.4. The SMILES string of the molecule is Cc1cc(Nc2nn(CCCCC[C@@H](C)C#N)c3cc[nH]c(=O)c23)ccc1C(C(C)C)n1nccn1. The Kier molecular flexibility index (Phi) is 7.84. The number of pyridine rings is 1. The van der Waals surface area contributed by atoms with Crippen LogP contribution in [0.2, 0.25) is 0 Å². The fourth-order valence-electron chi connectivity index (χ4n) is 4.69. The highest BCUT2D eigenvalue weighted by molar-refractivity contribution is 5.91. The number of rotatable bonds is 11. The molecule has 0 amide bonds. The number of hydrogen-bond donors (Lipinski definition) is 2. The quantitative estimate of drug-likeness (QED) is 0.277. The van der Waals surface area contributed by atoms with Crippen LogP contribution in [0.1, 0.15) is 63.6 Å². The zero-order valence-corrected chi connectivity index (χ0v) is 21.4. The number of aromatic nitrogens is 6. The molecule has 0 spiro atoms. The van der Waals surface area contributed by atoms with Gasteiger partial charge in [-0.3, -0.25) is 9.48 Å². The van der Waals surface area contributed by atoms with Crippen LogP contribution in [0, 0.1) is 30.1 Å². The molecule has 4 aromatic rings. The number of hydrogen-bond acceptors (Lipinski definition) is 6. The molecule has 1 aromatic carbocycles. The molecule has 0 saturated carbocycles. The first-order valence-corrected chi connectivity index (χ1v) is 12.6. The molecule has 188 valence electrons. The minimum absolute atomic E-state index is 0.0353. The molecule has 2 atom stereocenters. The molecule has 9 heteroatoms. The summed E-state index contributed by atoms with van der Waals surface area (Å²) in [6.45, 7) is 9.07. The van der Waals surface area contributed by atoms with Gasteiger partial charge in [-0.2, -0.15) is 25.4 Å². The number of aromatic amines is 1. The summed E-state index contributed by atoms with van der Waals surface area (Å²) >= 11 is 0. The first kappa shape index (κ1) is 25.2. The number of aryl methyl sites for hydroxylation is 2. The number of nitrogens with one attached hydrogen (secondary N) is 2. The zero-order valence-electron chi connectivity index (χ0n) is 21.4. The van der Waals surface area contributed by atoms with Crippen molar-refractivity contribution in [1.82, 2.24) is 29.8 Å². The normalized spacial score (nSPS) is 13.1. The van der Waals surface area contributed by atoms with Gasteiger partial charge in [0.1, 0.15) is 5.39 Å². The maximum atomic E-state index is 12.7. The molecule has 9 nitrogen and oxygen atoms in total. The minimum atomic E-state index is -0.165. The molecule has 4 rings (SSSR count). The molecule has 0 aliphatic carbocycles. The molecule has 0 saturated heterocycles. The van der Waals surface area contributed by atoms with Crippen molar-refractivity contribution in [1.29, 1.82) is 5.26 Å². The van der Waals surface area contributed by atoms with E-state index in [1.165, 1.54) is 0 Å². The van der Waals surface area contributed by atoms with Gasteiger partial charge in [0.05, 0.1) is 30.0 Å². The second-order valence-corrected chi connectivity index (χ2v) is 9.75. The molecule has 0 aliphatic heterocycles. The number of nitrogens with zero attached hydrogens (tertiary/aromatic N) is 6. The van der Waals surface area contributed by atoms with Crippen LogP contribution in [0.4, 0.5) is 11.5 Å². The largest absolute Gasteiger partial charge is 0.338 e. The van der Waals surface area contributed by atoms with Crippen molar-refractivity contribution >= 4 is 22.4 Å². The van der Waals surface area contributed by atoms with E-state index in [1.54, 1.807) is 23.4 Å². The van der Waals surface area contributed by atoms with Crippen molar-refractivity contribution in [3.05, 3.63) is 64.3 Å². The molecule has 1 unspecified atom stereocenters. The Hall–Kier alpha value is -3.93. The number of benzene rings is 1. The summed E-state index contributed by atoms with van der Waals surface area (Å²) in [5.74, 6) is 0.953.